The molecule has 0 bridgehead atoms. The van der Waals surface area contributed by atoms with E-state index in [1.54, 1.807) is 26.2 Å². The Morgan fingerprint density at radius 2 is 1.62 bits per heavy atom. The molecule has 2 amide bonds. The molecule has 0 saturated carbocycles. The van der Waals surface area contributed by atoms with E-state index in [0.29, 0.717) is 24.4 Å². The fourth-order valence-corrected chi connectivity index (χ4v) is 3.91. The molecule has 0 saturated heterocycles. The molecule has 2 aromatic carbocycles. The van der Waals surface area contributed by atoms with E-state index in [1.807, 2.05) is 31.2 Å². The lowest BCUT2D eigenvalue weighted by molar-refractivity contribution is -0.119. The van der Waals surface area contributed by atoms with Crippen molar-refractivity contribution in [2.24, 2.45) is 0 Å². The van der Waals surface area contributed by atoms with Crippen LogP contribution in [0.5, 0.6) is 5.75 Å². The lowest BCUT2D eigenvalue weighted by atomic mass is 10.1. The first-order valence-corrected chi connectivity index (χ1v) is 12.2. The predicted molar refractivity (Wildman–Crippen MR) is 126 cm³/mol. The fraction of sp³-hybridized carbons (Fsp3) is 0.391. The third-order valence-corrected chi connectivity index (χ3v) is 5.84. The Balaban J connectivity index is 1.91. The number of benzene rings is 2. The van der Waals surface area contributed by atoms with E-state index in [0.717, 1.165) is 34.7 Å². The highest BCUT2D eigenvalue weighted by molar-refractivity contribution is 7.92. The van der Waals surface area contributed by atoms with Crippen LogP contribution in [0.3, 0.4) is 0 Å². The van der Waals surface area contributed by atoms with Crippen LogP contribution in [-0.4, -0.2) is 65.2 Å². The molecule has 2 aromatic rings. The number of hydrogen-bond acceptors (Lipinski definition) is 5. The standard InChI is InChI=1S/C23H31N3O5S/c1-5-31-21-14-8-18(9-15-21)7-6-16-24-22(27)17-26(32(4,29)30)20-12-10-19(11-13-20)23(28)25(2)3/h8-15H,5-7,16-17H2,1-4H3,(H,24,27). The zero-order valence-electron chi connectivity index (χ0n) is 19.0. The number of nitrogens with zero attached hydrogens (tertiary/aromatic N) is 2. The van der Waals surface area contributed by atoms with Crippen molar-refractivity contribution >= 4 is 27.5 Å². The molecule has 0 heterocycles. The molecule has 0 aromatic heterocycles. The second-order valence-electron chi connectivity index (χ2n) is 7.55. The van der Waals surface area contributed by atoms with Gasteiger partial charge in [-0.2, -0.15) is 0 Å². The van der Waals surface area contributed by atoms with Crippen LogP contribution < -0.4 is 14.4 Å². The quantitative estimate of drug-likeness (QED) is 0.518. The number of sulfonamides is 1. The van der Waals surface area contributed by atoms with Crippen molar-refractivity contribution < 1.29 is 22.7 Å². The van der Waals surface area contributed by atoms with Gasteiger partial charge in [0.1, 0.15) is 12.3 Å². The number of rotatable bonds is 11. The highest BCUT2D eigenvalue weighted by Crippen LogP contribution is 2.19. The summed E-state index contributed by atoms with van der Waals surface area (Å²) >= 11 is 0. The van der Waals surface area contributed by atoms with Crippen molar-refractivity contribution in [3.8, 4) is 5.75 Å². The number of aryl methyl sites for hydroxylation is 1. The Morgan fingerprint density at radius 3 is 2.16 bits per heavy atom. The molecular weight excluding hydrogens is 430 g/mol. The largest absolute Gasteiger partial charge is 0.494 e. The summed E-state index contributed by atoms with van der Waals surface area (Å²) in [7, 11) is -0.403. The van der Waals surface area contributed by atoms with E-state index in [9.17, 15) is 18.0 Å². The van der Waals surface area contributed by atoms with Gasteiger partial charge in [-0.1, -0.05) is 12.1 Å². The summed E-state index contributed by atoms with van der Waals surface area (Å²) < 4.78 is 30.9. The van der Waals surface area contributed by atoms with Gasteiger partial charge < -0.3 is 15.0 Å². The van der Waals surface area contributed by atoms with Gasteiger partial charge in [0.05, 0.1) is 18.6 Å². The average molecular weight is 462 g/mol. The number of anilines is 1. The Labute approximate surface area is 190 Å². The van der Waals surface area contributed by atoms with Crippen molar-refractivity contribution in [1.82, 2.24) is 10.2 Å². The van der Waals surface area contributed by atoms with Gasteiger partial charge in [0.25, 0.3) is 5.91 Å². The first-order valence-electron chi connectivity index (χ1n) is 10.4. The molecule has 0 atom stereocenters. The van der Waals surface area contributed by atoms with E-state index in [1.165, 1.54) is 17.0 Å². The van der Waals surface area contributed by atoms with Crippen LogP contribution >= 0.6 is 0 Å². The topological polar surface area (TPSA) is 96.0 Å². The highest BCUT2D eigenvalue weighted by atomic mass is 32.2. The SMILES string of the molecule is CCOc1ccc(CCCNC(=O)CN(c2ccc(C(=O)N(C)C)cc2)S(C)(=O)=O)cc1. The molecule has 2 rings (SSSR count). The molecule has 0 aliphatic heterocycles. The zero-order chi connectivity index (χ0) is 23.7. The molecule has 174 valence electrons. The first-order chi connectivity index (χ1) is 15.1. The minimum Gasteiger partial charge on any atom is -0.494 e. The van der Waals surface area contributed by atoms with Crippen LogP contribution in [0.4, 0.5) is 5.69 Å². The molecule has 32 heavy (non-hydrogen) atoms. The smallest absolute Gasteiger partial charge is 0.253 e. The molecule has 8 nitrogen and oxygen atoms in total. The molecule has 0 aliphatic carbocycles. The van der Waals surface area contributed by atoms with E-state index < -0.39 is 15.9 Å². The summed E-state index contributed by atoms with van der Waals surface area (Å²) in [4.78, 5) is 25.8. The number of hydrogen-bond donors (Lipinski definition) is 1. The van der Waals surface area contributed by atoms with Crippen molar-refractivity contribution in [2.45, 2.75) is 19.8 Å². The van der Waals surface area contributed by atoms with E-state index in [-0.39, 0.29) is 12.5 Å². The molecule has 0 spiro atoms. The van der Waals surface area contributed by atoms with Gasteiger partial charge in [0.2, 0.25) is 15.9 Å². The predicted octanol–water partition coefficient (Wildman–Crippen LogP) is 2.30. The minimum absolute atomic E-state index is 0.187. The van der Waals surface area contributed by atoms with Crippen LogP contribution in [0.2, 0.25) is 0 Å². The lowest BCUT2D eigenvalue weighted by Gasteiger charge is -2.22. The van der Waals surface area contributed by atoms with Gasteiger partial charge in [0, 0.05) is 26.2 Å². The number of carbonyl (C=O) groups is 2. The molecular formula is C23H31N3O5S. The van der Waals surface area contributed by atoms with Gasteiger partial charge in [-0.15, -0.1) is 0 Å². The molecule has 9 heteroatoms. The summed E-state index contributed by atoms with van der Waals surface area (Å²) in [5.41, 5.74) is 1.89. The van der Waals surface area contributed by atoms with E-state index in [2.05, 4.69) is 5.32 Å². The number of amides is 2. The Kier molecular flexibility index (Phi) is 9.07. The molecule has 0 radical (unpaired) electrons. The Bertz CT molecular complexity index is 1000. The van der Waals surface area contributed by atoms with Crippen LogP contribution in [0.1, 0.15) is 29.3 Å². The first kappa shape index (κ1) is 25.2. The van der Waals surface area contributed by atoms with Crippen molar-refractivity contribution in [2.75, 3.05) is 44.4 Å². The summed E-state index contributed by atoms with van der Waals surface area (Å²) in [6.07, 6.45) is 2.55. The molecule has 0 aliphatic rings. The maximum Gasteiger partial charge on any atom is 0.253 e. The number of carbonyl (C=O) groups excluding carboxylic acids is 2. The summed E-state index contributed by atoms with van der Waals surface area (Å²) in [6.45, 7) is 2.65. The monoisotopic (exact) mass is 461 g/mol. The number of nitrogens with one attached hydrogen (secondary N) is 1. The van der Waals surface area contributed by atoms with Crippen LogP contribution in [0.25, 0.3) is 0 Å². The van der Waals surface area contributed by atoms with Crippen LogP contribution in [0.15, 0.2) is 48.5 Å². The Morgan fingerprint density at radius 1 is 1.00 bits per heavy atom. The van der Waals surface area contributed by atoms with Crippen molar-refractivity contribution in [1.29, 1.82) is 0 Å². The molecule has 0 fully saturated rings. The van der Waals surface area contributed by atoms with Crippen LogP contribution in [0, 0.1) is 0 Å². The summed E-state index contributed by atoms with van der Waals surface area (Å²) in [5.74, 6) is 0.243. The van der Waals surface area contributed by atoms with Crippen molar-refractivity contribution in [3.63, 3.8) is 0 Å². The molecule has 0 unspecified atom stereocenters. The van der Waals surface area contributed by atoms with Gasteiger partial charge in [-0.05, 0) is 61.7 Å². The summed E-state index contributed by atoms with van der Waals surface area (Å²) in [6, 6.07) is 14.0. The van der Waals surface area contributed by atoms with Gasteiger partial charge in [-0.3, -0.25) is 13.9 Å². The summed E-state index contributed by atoms with van der Waals surface area (Å²) in [5, 5.41) is 2.77. The normalized spacial score (nSPS) is 11.0. The van der Waals surface area contributed by atoms with E-state index in [4.69, 9.17) is 4.74 Å². The van der Waals surface area contributed by atoms with Crippen LogP contribution in [-0.2, 0) is 21.2 Å². The fourth-order valence-electron chi connectivity index (χ4n) is 3.05. The second-order valence-corrected chi connectivity index (χ2v) is 9.45. The maximum atomic E-state index is 12.4. The average Bonchev–Trinajstić information content (AvgIpc) is 2.75. The van der Waals surface area contributed by atoms with Gasteiger partial charge >= 0.3 is 0 Å². The van der Waals surface area contributed by atoms with Gasteiger partial charge in [-0.25, -0.2) is 8.42 Å². The highest BCUT2D eigenvalue weighted by Gasteiger charge is 2.21. The number of ether oxygens (including phenoxy) is 1. The van der Waals surface area contributed by atoms with Crippen molar-refractivity contribution in [3.05, 3.63) is 59.7 Å². The van der Waals surface area contributed by atoms with Gasteiger partial charge in [0.15, 0.2) is 0 Å². The Hall–Kier alpha value is -3.07. The zero-order valence-corrected chi connectivity index (χ0v) is 19.8. The maximum absolute atomic E-state index is 12.4. The third-order valence-electron chi connectivity index (χ3n) is 4.69. The van der Waals surface area contributed by atoms with E-state index >= 15 is 0 Å². The third kappa shape index (κ3) is 7.56. The second kappa shape index (κ2) is 11.5. The minimum atomic E-state index is -3.68. The molecule has 1 N–H and O–H groups in total. The lowest BCUT2D eigenvalue weighted by Crippen LogP contribution is -2.40.